The van der Waals surface area contributed by atoms with Crippen molar-refractivity contribution in [2.45, 2.75) is 12.2 Å². The summed E-state index contributed by atoms with van der Waals surface area (Å²) in [7, 11) is 1.61. The van der Waals surface area contributed by atoms with E-state index in [2.05, 4.69) is 0 Å². The number of alkyl halides is 3. The topological polar surface area (TPSA) is 47.3 Å². The van der Waals surface area contributed by atoms with Crippen molar-refractivity contribution < 1.29 is 18.3 Å². The largest absolute Gasteiger partial charge is 0.509 e. The van der Waals surface area contributed by atoms with Gasteiger partial charge in [0, 0.05) is 12.1 Å². The molecule has 7 heteroatoms. The molecule has 0 fully saturated rings. The number of aliphatic hydroxyl groups excluding tert-OH is 1. The number of rotatable bonds is 2. The monoisotopic (exact) mass is 366 g/mol. The maximum Gasteiger partial charge on any atom is 0.416 e. The van der Waals surface area contributed by atoms with Gasteiger partial charge in [-0.25, -0.2) is 0 Å². The molecule has 25 heavy (non-hydrogen) atoms. The second kappa shape index (κ2) is 6.11. The van der Waals surface area contributed by atoms with Crippen LogP contribution in [0.15, 0.2) is 54.3 Å². The first-order chi connectivity index (χ1) is 11.7. The highest BCUT2D eigenvalue weighted by Gasteiger charge is 2.38. The van der Waals surface area contributed by atoms with Crippen LogP contribution in [-0.4, -0.2) is 22.9 Å². The van der Waals surface area contributed by atoms with E-state index in [-0.39, 0.29) is 27.8 Å². The molecular formula is C18H14ClF3N2O. The van der Waals surface area contributed by atoms with E-state index >= 15 is 0 Å². The maximum atomic E-state index is 13.0. The zero-order chi connectivity index (χ0) is 18.4. The molecule has 2 N–H and O–H groups in total. The normalized spacial score (nSPS) is 18.2. The number of nitrogens with one attached hydrogen (secondary N) is 1. The zero-order valence-electron chi connectivity index (χ0n) is 13.1. The minimum absolute atomic E-state index is 0.0457. The fourth-order valence-electron chi connectivity index (χ4n) is 2.95. The molecule has 0 spiro atoms. The van der Waals surface area contributed by atoms with Crippen LogP contribution in [0, 0.1) is 5.41 Å². The Morgan fingerprint density at radius 2 is 1.76 bits per heavy atom. The number of benzene rings is 2. The van der Waals surface area contributed by atoms with Crippen molar-refractivity contribution in [1.82, 2.24) is 4.90 Å². The van der Waals surface area contributed by atoms with Gasteiger partial charge in [0.05, 0.1) is 11.1 Å². The van der Waals surface area contributed by atoms with Crippen molar-refractivity contribution >= 4 is 23.0 Å². The molecule has 1 aliphatic rings. The van der Waals surface area contributed by atoms with Crippen molar-refractivity contribution in [2.75, 3.05) is 7.05 Å². The first-order valence-corrected chi connectivity index (χ1v) is 7.76. The molecule has 1 unspecified atom stereocenters. The van der Waals surface area contributed by atoms with Gasteiger partial charge >= 0.3 is 6.18 Å². The fourth-order valence-corrected chi connectivity index (χ4v) is 3.18. The molecule has 1 heterocycles. The van der Waals surface area contributed by atoms with Crippen molar-refractivity contribution in [2.24, 2.45) is 0 Å². The predicted octanol–water partition coefficient (Wildman–Crippen LogP) is 5.29. The van der Waals surface area contributed by atoms with Crippen LogP contribution >= 0.6 is 11.6 Å². The Hall–Kier alpha value is -2.47. The van der Waals surface area contributed by atoms with Crippen LogP contribution in [0.1, 0.15) is 22.7 Å². The number of amidine groups is 1. The summed E-state index contributed by atoms with van der Waals surface area (Å²) in [6.45, 7) is 0. The highest BCUT2D eigenvalue weighted by atomic mass is 35.5. The lowest BCUT2D eigenvalue weighted by molar-refractivity contribution is -0.137. The highest BCUT2D eigenvalue weighted by Crippen LogP contribution is 2.41. The molecule has 1 atom stereocenters. The van der Waals surface area contributed by atoms with Crippen LogP contribution in [0.4, 0.5) is 13.2 Å². The summed E-state index contributed by atoms with van der Waals surface area (Å²) in [6, 6.07) is 11.4. The Bertz CT molecular complexity index is 862. The van der Waals surface area contributed by atoms with E-state index in [1.165, 1.54) is 11.0 Å². The van der Waals surface area contributed by atoms with E-state index in [1.807, 2.05) is 6.07 Å². The summed E-state index contributed by atoms with van der Waals surface area (Å²) in [5.74, 6) is -0.240. The van der Waals surface area contributed by atoms with E-state index in [0.29, 0.717) is 0 Å². The number of halogens is 4. The molecule has 0 aliphatic carbocycles. The molecule has 2 aromatic carbocycles. The van der Waals surface area contributed by atoms with Crippen molar-refractivity contribution in [1.29, 1.82) is 5.41 Å². The van der Waals surface area contributed by atoms with E-state index < -0.39 is 17.8 Å². The quantitative estimate of drug-likeness (QED) is 0.758. The third-order valence-electron chi connectivity index (χ3n) is 4.12. The van der Waals surface area contributed by atoms with E-state index in [9.17, 15) is 18.3 Å². The molecule has 3 nitrogen and oxygen atoms in total. The smallest absolute Gasteiger partial charge is 0.416 e. The van der Waals surface area contributed by atoms with Crippen molar-refractivity contribution in [3.05, 3.63) is 76.0 Å². The lowest BCUT2D eigenvalue weighted by Crippen LogP contribution is -2.25. The van der Waals surface area contributed by atoms with Gasteiger partial charge in [-0.2, -0.15) is 13.2 Å². The summed E-state index contributed by atoms with van der Waals surface area (Å²) in [6.07, 6.45) is -4.57. The Labute approximate surface area is 147 Å². The minimum Gasteiger partial charge on any atom is -0.509 e. The average Bonchev–Trinajstić information content (AvgIpc) is 2.76. The van der Waals surface area contributed by atoms with Crippen molar-refractivity contribution in [3.8, 4) is 0 Å². The van der Waals surface area contributed by atoms with Gasteiger partial charge in [0.2, 0.25) is 0 Å². The van der Waals surface area contributed by atoms with Crippen LogP contribution in [0.25, 0.3) is 5.57 Å². The molecule has 1 aliphatic heterocycles. The summed E-state index contributed by atoms with van der Waals surface area (Å²) in [4.78, 5) is 1.51. The number of nitrogens with zero attached hydrogens (tertiary/aromatic N) is 1. The van der Waals surface area contributed by atoms with Gasteiger partial charge in [0.15, 0.2) is 0 Å². The first kappa shape index (κ1) is 17.4. The number of hydrogen-bond acceptors (Lipinski definition) is 2. The maximum absolute atomic E-state index is 13.0. The number of hydrogen-bond donors (Lipinski definition) is 2. The molecule has 0 saturated heterocycles. The van der Waals surface area contributed by atoms with Gasteiger partial charge in [-0.15, -0.1) is 0 Å². The predicted molar refractivity (Wildman–Crippen MR) is 90.7 cm³/mol. The second-order valence-electron chi connectivity index (χ2n) is 5.76. The molecule has 0 aromatic heterocycles. The Balaban J connectivity index is 2.15. The van der Waals surface area contributed by atoms with Crippen LogP contribution in [-0.2, 0) is 6.18 Å². The summed E-state index contributed by atoms with van der Waals surface area (Å²) >= 11 is 5.83. The van der Waals surface area contributed by atoms with Crippen LogP contribution < -0.4 is 0 Å². The standard InChI is InChI=1S/C18H14ClF3N2O/c1-24-15(10-5-3-2-4-6-10)16(25)14(17(24)23)11-7-12(18(20,21)22)9-13(19)8-11/h2-9,15,23,25H,1H3. The fraction of sp³-hybridized carbons (Fsp3) is 0.167. The molecular weight excluding hydrogens is 353 g/mol. The molecule has 0 amide bonds. The molecule has 3 rings (SSSR count). The lowest BCUT2D eigenvalue weighted by Gasteiger charge is -2.22. The van der Waals surface area contributed by atoms with Crippen LogP contribution in [0.5, 0.6) is 0 Å². The van der Waals surface area contributed by atoms with Gasteiger partial charge in [0.25, 0.3) is 0 Å². The number of aliphatic hydroxyl groups is 1. The Morgan fingerprint density at radius 3 is 2.36 bits per heavy atom. The molecule has 2 aromatic rings. The highest BCUT2D eigenvalue weighted by molar-refractivity contribution is 6.31. The SMILES string of the molecule is CN1C(=N)C(c2cc(Cl)cc(C(F)(F)F)c2)=C(O)C1c1ccccc1. The zero-order valence-corrected chi connectivity index (χ0v) is 13.9. The van der Waals surface area contributed by atoms with Gasteiger partial charge in [-0.1, -0.05) is 41.9 Å². The molecule has 0 radical (unpaired) electrons. The van der Waals surface area contributed by atoms with E-state index in [1.54, 1.807) is 31.3 Å². The third-order valence-corrected chi connectivity index (χ3v) is 4.34. The summed E-state index contributed by atoms with van der Waals surface area (Å²) in [5, 5.41) is 18.8. The Morgan fingerprint density at radius 1 is 1.12 bits per heavy atom. The average molecular weight is 367 g/mol. The second-order valence-corrected chi connectivity index (χ2v) is 6.20. The summed E-state index contributed by atoms with van der Waals surface area (Å²) < 4.78 is 39.1. The molecule has 130 valence electrons. The lowest BCUT2D eigenvalue weighted by atomic mass is 9.99. The Kier molecular flexibility index (Phi) is 4.24. The van der Waals surface area contributed by atoms with Gasteiger partial charge < -0.3 is 10.0 Å². The van der Waals surface area contributed by atoms with Crippen molar-refractivity contribution in [3.63, 3.8) is 0 Å². The van der Waals surface area contributed by atoms with Gasteiger partial charge in [-0.3, -0.25) is 5.41 Å². The molecule has 0 saturated carbocycles. The van der Waals surface area contributed by atoms with E-state index in [4.69, 9.17) is 17.0 Å². The molecule has 0 bridgehead atoms. The van der Waals surface area contributed by atoms with Gasteiger partial charge in [-0.05, 0) is 29.3 Å². The van der Waals surface area contributed by atoms with E-state index in [0.717, 1.165) is 17.7 Å². The van der Waals surface area contributed by atoms with Gasteiger partial charge in [0.1, 0.15) is 17.6 Å². The minimum atomic E-state index is -4.57. The van der Waals surface area contributed by atoms with Crippen LogP contribution in [0.3, 0.4) is 0 Å². The first-order valence-electron chi connectivity index (χ1n) is 7.38. The third kappa shape index (κ3) is 3.09. The summed E-state index contributed by atoms with van der Waals surface area (Å²) in [5.41, 5.74) is -0.0776. The van der Waals surface area contributed by atoms with Crippen LogP contribution in [0.2, 0.25) is 5.02 Å². The number of likely N-dealkylation sites (N-methyl/N-ethyl adjacent to an activating group) is 1.